The van der Waals surface area contributed by atoms with Crippen LogP contribution in [-0.2, 0) is 4.79 Å². The molecule has 0 saturated heterocycles. The number of carbonyl (C=O) groups excluding carboxylic acids is 1. The van der Waals surface area contributed by atoms with Gasteiger partial charge in [0.25, 0.3) is 0 Å². The van der Waals surface area contributed by atoms with Crippen LogP contribution in [0.25, 0.3) is 17.1 Å². The lowest BCUT2D eigenvalue weighted by molar-refractivity contribution is -0.113. The standard InChI is InChI=1S/C25H23BrN4O2S/c1-16-4-6-18(7-5-16)24-28-29-25(30(24)20-9-11-21(32-3)12-10-20)33-15-23(31)27-22-13-8-19(26)14-17(22)2/h4-14H,15H2,1-3H3,(H,27,31). The second-order valence-electron chi connectivity index (χ2n) is 7.50. The molecule has 3 aromatic carbocycles. The van der Waals surface area contributed by atoms with Gasteiger partial charge in [0.2, 0.25) is 5.91 Å². The fourth-order valence-electron chi connectivity index (χ4n) is 3.30. The summed E-state index contributed by atoms with van der Waals surface area (Å²) in [4.78, 5) is 12.7. The molecule has 0 unspecified atom stereocenters. The molecule has 33 heavy (non-hydrogen) atoms. The Balaban J connectivity index is 1.60. The summed E-state index contributed by atoms with van der Waals surface area (Å²) in [6, 6.07) is 21.6. The zero-order chi connectivity index (χ0) is 23.4. The van der Waals surface area contributed by atoms with Gasteiger partial charge in [0.05, 0.1) is 12.9 Å². The summed E-state index contributed by atoms with van der Waals surface area (Å²) in [5.41, 5.74) is 4.80. The maximum atomic E-state index is 12.7. The van der Waals surface area contributed by atoms with Crippen molar-refractivity contribution in [2.75, 3.05) is 18.2 Å². The number of hydrogen-bond acceptors (Lipinski definition) is 5. The number of ether oxygens (including phenoxy) is 1. The fraction of sp³-hybridized carbons (Fsp3) is 0.160. The van der Waals surface area contributed by atoms with Gasteiger partial charge in [-0.1, -0.05) is 57.5 Å². The van der Waals surface area contributed by atoms with Crippen molar-refractivity contribution in [2.24, 2.45) is 0 Å². The normalized spacial score (nSPS) is 10.8. The highest BCUT2D eigenvalue weighted by molar-refractivity contribution is 9.10. The van der Waals surface area contributed by atoms with E-state index in [1.165, 1.54) is 17.3 Å². The third-order valence-electron chi connectivity index (χ3n) is 5.07. The number of nitrogens with one attached hydrogen (secondary N) is 1. The van der Waals surface area contributed by atoms with Crippen molar-refractivity contribution in [1.82, 2.24) is 14.8 Å². The fourth-order valence-corrected chi connectivity index (χ4v) is 4.53. The lowest BCUT2D eigenvalue weighted by atomic mass is 10.1. The van der Waals surface area contributed by atoms with Crippen LogP contribution >= 0.6 is 27.7 Å². The largest absolute Gasteiger partial charge is 0.497 e. The second kappa shape index (κ2) is 10.2. The molecule has 1 aromatic heterocycles. The summed E-state index contributed by atoms with van der Waals surface area (Å²) in [6.45, 7) is 4.01. The number of rotatable bonds is 7. The molecule has 0 atom stereocenters. The summed E-state index contributed by atoms with van der Waals surface area (Å²) in [5.74, 6) is 1.58. The third-order valence-corrected chi connectivity index (χ3v) is 6.49. The molecule has 0 aliphatic rings. The molecule has 4 rings (SSSR count). The van der Waals surface area contributed by atoms with E-state index in [4.69, 9.17) is 4.74 Å². The highest BCUT2D eigenvalue weighted by atomic mass is 79.9. The van der Waals surface area contributed by atoms with E-state index >= 15 is 0 Å². The smallest absolute Gasteiger partial charge is 0.234 e. The van der Waals surface area contributed by atoms with E-state index in [0.29, 0.717) is 11.0 Å². The molecular weight excluding hydrogens is 500 g/mol. The topological polar surface area (TPSA) is 69.0 Å². The SMILES string of the molecule is COc1ccc(-n2c(SCC(=O)Nc3ccc(Br)cc3C)nnc2-c2ccc(C)cc2)cc1. The highest BCUT2D eigenvalue weighted by Crippen LogP contribution is 2.29. The number of thioether (sulfide) groups is 1. The third kappa shape index (κ3) is 5.46. The lowest BCUT2D eigenvalue weighted by Crippen LogP contribution is -2.15. The van der Waals surface area contributed by atoms with E-state index in [9.17, 15) is 4.79 Å². The van der Waals surface area contributed by atoms with Crippen LogP contribution in [0.15, 0.2) is 76.4 Å². The summed E-state index contributed by atoms with van der Waals surface area (Å²) in [7, 11) is 1.64. The molecule has 1 amide bonds. The van der Waals surface area contributed by atoms with E-state index < -0.39 is 0 Å². The molecule has 6 nitrogen and oxygen atoms in total. The van der Waals surface area contributed by atoms with E-state index in [-0.39, 0.29) is 11.7 Å². The van der Waals surface area contributed by atoms with Crippen molar-refractivity contribution in [2.45, 2.75) is 19.0 Å². The van der Waals surface area contributed by atoms with Gasteiger partial charge in [-0.25, -0.2) is 0 Å². The Bertz CT molecular complexity index is 1270. The van der Waals surface area contributed by atoms with E-state index in [1.54, 1.807) is 7.11 Å². The Labute approximate surface area is 205 Å². The summed E-state index contributed by atoms with van der Waals surface area (Å²) in [5, 5.41) is 12.5. The first kappa shape index (κ1) is 23.1. The van der Waals surface area contributed by atoms with Gasteiger partial charge in [0.1, 0.15) is 5.75 Å². The predicted octanol–water partition coefficient (Wildman–Crippen LogP) is 6.05. The number of halogens is 1. The van der Waals surface area contributed by atoms with Crippen LogP contribution in [-0.4, -0.2) is 33.5 Å². The lowest BCUT2D eigenvalue weighted by Gasteiger charge is -2.12. The molecule has 0 fully saturated rings. The Hall–Kier alpha value is -3.10. The summed E-state index contributed by atoms with van der Waals surface area (Å²) in [6.07, 6.45) is 0. The van der Waals surface area contributed by atoms with Crippen LogP contribution in [0.1, 0.15) is 11.1 Å². The Morgan fingerprint density at radius 1 is 1.03 bits per heavy atom. The maximum absolute atomic E-state index is 12.7. The van der Waals surface area contributed by atoms with E-state index in [2.05, 4.69) is 31.4 Å². The van der Waals surface area contributed by atoms with Crippen LogP contribution in [0, 0.1) is 13.8 Å². The quantitative estimate of drug-likeness (QED) is 0.299. The number of anilines is 1. The number of carbonyl (C=O) groups is 1. The first-order valence-electron chi connectivity index (χ1n) is 10.3. The Kier molecular flexibility index (Phi) is 7.15. The first-order valence-corrected chi connectivity index (χ1v) is 12.1. The molecule has 0 aliphatic carbocycles. The average Bonchev–Trinajstić information content (AvgIpc) is 3.24. The second-order valence-corrected chi connectivity index (χ2v) is 9.36. The molecule has 4 aromatic rings. The Morgan fingerprint density at radius 2 is 1.76 bits per heavy atom. The number of hydrogen-bond donors (Lipinski definition) is 1. The molecule has 0 radical (unpaired) electrons. The zero-order valence-electron chi connectivity index (χ0n) is 18.5. The van der Waals surface area contributed by atoms with Gasteiger partial charge in [-0.2, -0.15) is 0 Å². The zero-order valence-corrected chi connectivity index (χ0v) is 20.9. The minimum Gasteiger partial charge on any atom is -0.497 e. The summed E-state index contributed by atoms with van der Waals surface area (Å²) < 4.78 is 8.24. The highest BCUT2D eigenvalue weighted by Gasteiger charge is 2.18. The minimum atomic E-state index is -0.105. The van der Waals surface area contributed by atoms with Gasteiger partial charge < -0.3 is 10.1 Å². The van der Waals surface area contributed by atoms with Gasteiger partial charge >= 0.3 is 0 Å². The van der Waals surface area contributed by atoms with Crippen molar-refractivity contribution < 1.29 is 9.53 Å². The van der Waals surface area contributed by atoms with Crippen LogP contribution in [0.2, 0.25) is 0 Å². The van der Waals surface area contributed by atoms with Crippen LogP contribution < -0.4 is 10.1 Å². The van der Waals surface area contributed by atoms with Crippen LogP contribution in [0.4, 0.5) is 5.69 Å². The molecule has 0 saturated carbocycles. The van der Waals surface area contributed by atoms with Gasteiger partial charge in [0, 0.05) is 21.4 Å². The van der Waals surface area contributed by atoms with Crippen molar-refractivity contribution in [3.63, 3.8) is 0 Å². The van der Waals surface area contributed by atoms with Gasteiger partial charge in [-0.15, -0.1) is 10.2 Å². The number of benzene rings is 3. The number of methoxy groups -OCH3 is 1. The maximum Gasteiger partial charge on any atom is 0.234 e. The molecule has 1 N–H and O–H groups in total. The number of nitrogens with zero attached hydrogens (tertiary/aromatic N) is 3. The summed E-state index contributed by atoms with van der Waals surface area (Å²) >= 11 is 4.79. The van der Waals surface area contributed by atoms with Crippen LogP contribution in [0.3, 0.4) is 0 Å². The molecule has 168 valence electrons. The van der Waals surface area contributed by atoms with Gasteiger partial charge in [-0.05, 0) is 61.9 Å². The van der Waals surface area contributed by atoms with Crippen molar-refractivity contribution in [1.29, 1.82) is 0 Å². The van der Waals surface area contributed by atoms with E-state index in [1.807, 2.05) is 85.1 Å². The van der Waals surface area contributed by atoms with E-state index in [0.717, 1.165) is 32.7 Å². The number of aromatic nitrogens is 3. The molecule has 0 aliphatic heterocycles. The molecular formula is C25H23BrN4O2S. The Morgan fingerprint density at radius 3 is 2.42 bits per heavy atom. The van der Waals surface area contributed by atoms with Crippen molar-refractivity contribution in [3.05, 3.63) is 82.3 Å². The number of aryl methyl sites for hydroxylation is 2. The monoisotopic (exact) mass is 522 g/mol. The van der Waals surface area contributed by atoms with Crippen molar-refractivity contribution >= 4 is 39.3 Å². The van der Waals surface area contributed by atoms with Gasteiger partial charge in [0.15, 0.2) is 11.0 Å². The molecule has 1 heterocycles. The predicted molar refractivity (Wildman–Crippen MR) is 136 cm³/mol. The first-order chi connectivity index (χ1) is 15.9. The number of amides is 1. The molecule has 8 heteroatoms. The molecule has 0 spiro atoms. The minimum absolute atomic E-state index is 0.105. The van der Waals surface area contributed by atoms with Crippen molar-refractivity contribution in [3.8, 4) is 22.8 Å². The average molecular weight is 523 g/mol. The van der Waals surface area contributed by atoms with Crippen LogP contribution in [0.5, 0.6) is 5.75 Å². The van der Waals surface area contributed by atoms with Gasteiger partial charge in [-0.3, -0.25) is 9.36 Å². The molecule has 0 bridgehead atoms.